The lowest BCUT2D eigenvalue weighted by Crippen LogP contribution is -2.51. The van der Waals surface area contributed by atoms with E-state index in [1.807, 2.05) is 0 Å². The van der Waals surface area contributed by atoms with Crippen molar-refractivity contribution in [3.63, 3.8) is 0 Å². The van der Waals surface area contributed by atoms with Crippen molar-refractivity contribution in [3.05, 3.63) is 0 Å². The largest absolute Gasteiger partial charge is 0.480 e. The van der Waals surface area contributed by atoms with E-state index in [1.165, 1.54) is 13.8 Å². The molecule has 0 aromatic carbocycles. The summed E-state index contributed by atoms with van der Waals surface area (Å²) in [5.74, 6) is -1.82. The molecule has 3 atom stereocenters. The van der Waals surface area contributed by atoms with Crippen LogP contribution in [-0.4, -0.2) is 40.3 Å². The number of aliphatic carboxylic acids is 1. The normalized spacial score (nSPS) is 17.2. The number of aliphatic hydroxyl groups excluding tert-OH is 1. The molecule has 0 aromatic rings. The number of nitrogens with two attached hydrogens (primary N) is 1. The van der Waals surface area contributed by atoms with Crippen LogP contribution in [0.4, 0.5) is 0 Å². The first-order valence-corrected chi connectivity index (χ1v) is 3.83. The third kappa shape index (κ3) is 3.86. The van der Waals surface area contributed by atoms with Gasteiger partial charge in [-0.3, -0.25) is 9.59 Å². The number of carboxylic acids is 1. The van der Waals surface area contributed by atoms with Gasteiger partial charge in [0.05, 0.1) is 6.10 Å². The first kappa shape index (κ1) is 11.9. The number of hydrogen-bond acceptors (Lipinski definition) is 4. The predicted molar refractivity (Wildman–Crippen MR) is 44.9 cm³/mol. The topological polar surface area (TPSA) is 113 Å². The lowest BCUT2D eigenvalue weighted by atomic mass is 10.2. The molecule has 6 heteroatoms. The molecule has 0 heterocycles. The number of carbonyl (C=O) groups is 2. The van der Waals surface area contributed by atoms with Crippen molar-refractivity contribution in [1.29, 1.82) is 0 Å². The standard InChI is InChI=1S/C7H14N2O4/c1-3(7(12)13)9-6(11)5(8)4(2)10/h3-5,10H,8H2,1-2H3,(H,9,11)(H,12,13)/t3-,4?,5-/m0/s1. The molecule has 0 aliphatic heterocycles. The first-order chi connectivity index (χ1) is 5.86. The molecule has 0 radical (unpaired) electrons. The summed E-state index contributed by atoms with van der Waals surface area (Å²) >= 11 is 0. The monoisotopic (exact) mass is 190 g/mol. The maximum Gasteiger partial charge on any atom is 0.325 e. The molecule has 0 aliphatic carbocycles. The van der Waals surface area contributed by atoms with Gasteiger partial charge in [0, 0.05) is 0 Å². The summed E-state index contributed by atoms with van der Waals surface area (Å²) in [5, 5.41) is 19.5. The van der Waals surface area contributed by atoms with E-state index in [9.17, 15) is 9.59 Å². The predicted octanol–water partition coefficient (Wildman–Crippen LogP) is -1.72. The molecule has 0 bridgehead atoms. The Morgan fingerprint density at radius 1 is 1.38 bits per heavy atom. The summed E-state index contributed by atoms with van der Waals surface area (Å²) in [5.41, 5.74) is 5.25. The maximum atomic E-state index is 11.0. The maximum absolute atomic E-state index is 11.0. The SMILES string of the molecule is CC(O)[C@H](N)C(=O)N[C@@H](C)C(=O)O. The quantitative estimate of drug-likeness (QED) is 0.421. The minimum Gasteiger partial charge on any atom is -0.480 e. The molecule has 0 spiro atoms. The van der Waals surface area contributed by atoms with E-state index in [4.69, 9.17) is 15.9 Å². The summed E-state index contributed by atoms with van der Waals surface area (Å²) in [6.45, 7) is 2.67. The van der Waals surface area contributed by atoms with E-state index in [1.54, 1.807) is 0 Å². The molecule has 1 unspecified atom stereocenters. The number of rotatable bonds is 4. The van der Waals surface area contributed by atoms with E-state index >= 15 is 0 Å². The Labute approximate surface area is 75.7 Å². The average Bonchev–Trinajstić information content (AvgIpc) is 2.02. The number of carboxylic acid groups (broad SMARTS) is 1. The smallest absolute Gasteiger partial charge is 0.325 e. The van der Waals surface area contributed by atoms with Gasteiger partial charge in [-0.2, -0.15) is 0 Å². The van der Waals surface area contributed by atoms with Crippen molar-refractivity contribution in [3.8, 4) is 0 Å². The van der Waals surface area contributed by atoms with Crippen LogP contribution in [0.5, 0.6) is 0 Å². The zero-order chi connectivity index (χ0) is 10.6. The number of aliphatic hydroxyl groups is 1. The van der Waals surface area contributed by atoms with Gasteiger partial charge >= 0.3 is 5.97 Å². The highest BCUT2D eigenvalue weighted by Gasteiger charge is 2.22. The molecular weight excluding hydrogens is 176 g/mol. The number of amides is 1. The van der Waals surface area contributed by atoms with Gasteiger partial charge in [0.1, 0.15) is 12.1 Å². The fraction of sp³-hybridized carbons (Fsp3) is 0.714. The molecule has 0 rings (SSSR count). The van der Waals surface area contributed by atoms with Crippen molar-refractivity contribution in [2.24, 2.45) is 5.73 Å². The number of hydrogen-bond donors (Lipinski definition) is 4. The molecule has 0 aromatic heterocycles. The number of nitrogens with one attached hydrogen (secondary N) is 1. The van der Waals surface area contributed by atoms with Crippen molar-refractivity contribution in [2.45, 2.75) is 32.0 Å². The Morgan fingerprint density at radius 3 is 2.15 bits per heavy atom. The highest BCUT2D eigenvalue weighted by atomic mass is 16.4. The van der Waals surface area contributed by atoms with Gasteiger partial charge in [0.15, 0.2) is 0 Å². The lowest BCUT2D eigenvalue weighted by molar-refractivity contribution is -0.141. The van der Waals surface area contributed by atoms with Gasteiger partial charge in [0.25, 0.3) is 0 Å². The minimum absolute atomic E-state index is 0.676. The van der Waals surface area contributed by atoms with Crippen LogP contribution in [-0.2, 0) is 9.59 Å². The van der Waals surface area contributed by atoms with Gasteiger partial charge in [-0.15, -0.1) is 0 Å². The van der Waals surface area contributed by atoms with E-state index in [0.717, 1.165) is 0 Å². The zero-order valence-corrected chi connectivity index (χ0v) is 7.52. The second-order valence-electron chi connectivity index (χ2n) is 2.83. The third-order valence-corrected chi connectivity index (χ3v) is 1.55. The van der Waals surface area contributed by atoms with Crippen LogP contribution >= 0.6 is 0 Å². The second kappa shape index (κ2) is 4.78. The fourth-order valence-corrected chi connectivity index (χ4v) is 0.590. The fourth-order valence-electron chi connectivity index (χ4n) is 0.590. The molecule has 76 valence electrons. The molecule has 1 amide bonds. The van der Waals surface area contributed by atoms with Gasteiger partial charge < -0.3 is 21.3 Å². The molecular formula is C7H14N2O4. The average molecular weight is 190 g/mol. The van der Waals surface area contributed by atoms with Crippen LogP contribution in [0.25, 0.3) is 0 Å². The van der Waals surface area contributed by atoms with E-state index in [2.05, 4.69) is 5.32 Å². The summed E-state index contributed by atoms with van der Waals surface area (Å²) < 4.78 is 0. The molecule has 0 aliphatic rings. The Balaban J connectivity index is 4.08. The van der Waals surface area contributed by atoms with Crippen LogP contribution < -0.4 is 11.1 Å². The zero-order valence-electron chi connectivity index (χ0n) is 7.52. The van der Waals surface area contributed by atoms with Crippen molar-refractivity contribution < 1.29 is 19.8 Å². The molecule has 5 N–H and O–H groups in total. The van der Waals surface area contributed by atoms with Crippen LogP contribution in [0, 0.1) is 0 Å². The van der Waals surface area contributed by atoms with Crippen LogP contribution in [0.15, 0.2) is 0 Å². The minimum atomic E-state index is -1.15. The third-order valence-electron chi connectivity index (χ3n) is 1.55. The Morgan fingerprint density at radius 2 is 1.85 bits per heavy atom. The van der Waals surface area contributed by atoms with Crippen LogP contribution in [0.2, 0.25) is 0 Å². The summed E-state index contributed by atoms with van der Waals surface area (Å²) in [6.07, 6.45) is -0.999. The highest BCUT2D eigenvalue weighted by Crippen LogP contribution is 1.90. The Bertz CT molecular complexity index is 205. The molecule has 0 saturated carbocycles. The van der Waals surface area contributed by atoms with Gasteiger partial charge in [0.2, 0.25) is 5.91 Å². The molecule has 13 heavy (non-hydrogen) atoms. The van der Waals surface area contributed by atoms with Crippen LogP contribution in [0.1, 0.15) is 13.8 Å². The number of carbonyl (C=O) groups excluding carboxylic acids is 1. The highest BCUT2D eigenvalue weighted by molar-refractivity contribution is 5.86. The van der Waals surface area contributed by atoms with Crippen molar-refractivity contribution >= 4 is 11.9 Å². The van der Waals surface area contributed by atoms with Gasteiger partial charge in [-0.1, -0.05) is 0 Å². The van der Waals surface area contributed by atoms with E-state index in [-0.39, 0.29) is 0 Å². The van der Waals surface area contributed by atoms with Gasteiger partial charge in [-0.05, 0) is 13.8 Å². The van der Waals surface area contributed by atoms with Crippen molar-refractivity contribution in [2.75, 3.05) is 0 Å². The second-order valence-corrected chi connectivity index (χ2v) is 2.83. The Hall–Kier alpha value is -1.14. The van der Waals surface area contributed by atoms with E-state index in [0.29, 0.717) is 0 Å². The summed E-state index contributed by atoms with van der Waals surface area (Å²) in [7, 11) is 0. The molecule has 0 fully saturated rings. The summed E-state index contributed by atoms with van der Waals surface area (Å²) in [6, 6.07) is -2.10. The first-order valence-electron chi connectivity index (χ1n) is 3.83. The Kier molecular flexibility index (Phi) is 4.36. The molecule has 6 nitrogen and oxygen atoms in total. The van der Waals surface area contributed by atoms with Crippen molar-refractivity contribution in [1.82, 2.24) is 5.32 Å². The van der Waals surface area contributed by atoms with Gasteiger partial charge in [-0.25, -0.2) is 0 Å². The lowest BCUT2D eigenvalue weighted by Gasteiger charge is -2.16. The molecule has 0 saturated heterocycles. The summed E-state index contributed by atoms with van der Waals surface area (Å²) in [4.78, 5) is 21.3. The van der Waals surface area contributed by atoms with Crippen LogP contribution in [0.3, 0.4) is 0 Å². The van der Waals surface area contributed by atoms with E-state index < -0.39 is 30.1 Å².